The van der Waals surface area contributed by atoms with Gasteiger partial charge in [0.25, 0.3) is 0 Å². The summed E-state index contributed by atoms with van der Waals surface area (Å²) in [5, 5.41) is 0. The van der Waals surface area contributed by atoms with Gasteiger partial charge in [-0.1, -0.05) is 18.3 Å². The Balaban J connectivity index is 2.07. The molecule has 0 heterocycles. The largest absolute Gasteiger partial charge is 0.496 e. The molecule has 0 aromatic heterocycles. The molecule has 1 aliphatic carbocycles. The Kier molecular flexibility index (Phi) is 4.19. The van der Waals surface area contributed by atoms with Gasteiger partial charge in [-0.05, 0) is 43.5 Å². The molecule has 98 valence electrons. The molecule has 0 unspecified atom stereocenters. The van der Waals surface area contributed by atoms with Crippen LogP contribution in [0.1, 0.15) is 24.0 Å². The third kappa shape index (κ3) is 3.43. The Hall–Kier alpha value is -1.13. The first-order valence-electron chi connectivity index (χ1n) is 6.25. The topological polar surface area (TPSA) is 38.5 Å². The third-order valence-electron chi connectivity index (χ3n) is 3.25. The van der Waals surface area contributed by atoms with Gasteiger partial charge >= 0.3 is 0 Å². The number of nitrogens with zero attached hydrogens (tertiary/aromatic N) is 1. The van der Waals surface area contributed by atoms with Gasteiger partial charge in [0, 0.05) is 13.1 Å². The van der Waals surface area contributed by atoms with E-state index in [1.807, 2.05) is 12.1 Å². The summed E-state index contributed by atoms with van der Waals surface area (Å²) in [6, 6.07) is 6.05. The lowest BCUT2D eigenvalue weighted by atomic mass is 10.1. The first-order chi connectivity index (χ1) is 8.60. The van der Waals surface area contributed by atoms with E-state index in [4.69, 9.17) is 22.7 Å². The van der Waals surface area contributed by atoms with Crippen molar-refractivity contribution < 1.29 is 4.74 Å². The van der Waals surface area contributed by atoms with Crippen LogP contribution in [0.15, 0.2) is 18.2 Å². The molecule has 2 N–H and O–H groups in total. The van der Waals surface area contributed by atoms with Crippen LogP contribution < -0.4 is 10.5 Å². The van der Waals surface area contributed by atoms with Gasteiger partial charge in [-0.15, -0.1) is 0 Å². The maximum absolute atomic E-state index is 5.72. The molecule has 0 atom stereocenters. The molecular formula is C14H20N2OS. The van der Waals surface area contributed by atoms with Crippen molar-refractivity contribution in [3.05, 3.63) is 29.3 Å². The van der Waals surface area contributed by atoms with Gasteiger partial charge in [-0.2, -0.15) is 0 Å². The first-order valence-corrected chi connectivity index (χ1v) is 6.66. The standard InChI is InChI=1S/C14H20N2OS/c1-16(8-10-3-4-10)9-11-5-6-13(17-2)12(7-11)14(15)18/h5-7,10H,3-4,8-9H2,1-2H3,(H2,15,18). The lowest BCUT2D eigenvalue weighted by Crippen LogP contribution is -2.21. The quantitative estimate of drug-likeness (QED) is 0.799. The monoisotopic (exact) mass is 264 g/mol. The Labute approximate surface area is 114 Å². The Bertz CT molecular complexity index is 443. The van der Waals surface area contributed by atoms with Crippen LogP contribution in [0.4, 0.5) is 0 Å². The number of thiocarbonyl (C=S) groups is 1. The zero-order valence-electron chi connectivity index (χ0n) is 11.0. The van der Waals surface area contributed by atoms with E-state index in [0.717, 1.165) is 23.8 Å². The lowest BCUT2D eigenvalue weighted by Gasteiger charge is -2.17. The summed E-state index contributed by atoms with van der Waals surface area (Å²) in [7, 11) is 3.79. The van der Waals surface area contributed by atoms with Crippen LogP contribution in [0.25, 0.3) is 0 Å². The summed E-state index contributed by atoms with van der Waals surface area (Å²) in [5.74, 6) is 1.65. The number of nitrogens with two attached hydrogens (primary N) is 1. The molecule has 0 bridgehead atoms. The summed E-state index contributed by atoms with van der Waals surface area (Å²) in [5.41, 5.74) is 7.77. The highest BCUT2D eigenvalue weighted by Gasteiger charge is 2.22. The predicted octanol–water partition coefficient (Wildman–Crippen LogP) is 2.17. The van der Waals surface area contributed by atoms with E-state index < -0.39 is 0 Å². The van der Waals surface area contributed by atoms with Crippen LogP contribution in [0, 0.1) is 5.92 Å². The number of hydrogen-bond donors (Lipinski definition) is 1. The molecule has 4 heteroatoms. The summed E-state index contributed by atoms with van der Waals surface area (Å²) in [4.78, 5) is 2.74. The molecule has 0 aliphatic heterocycles. The Morgan fingerprint density at radius 2 is 2.22 bits per heavy atom. The van der Waals surface area contributed by atoms with Crippen molar-refractivity contribution in [3.63, 3.8) is 0 Å². The summed E-state index contributed by atoms with van der Waals surface area (Å²) in [6.45, 7) is 2.10. The maximum atomic E-state index is 5.72. The van der Waals surface area contributed by atoms with Crippen molar-refractivity contribution in [2.24, 2.45) is 11.7 Å². The molecule has 0 radical (unpaired) electrons. The molecule has 1 aromatic rings. The molecule has 1 aliphatic rings. The van der Waals surface area contributed by atoms with Gasteiger partial charge in [-0.3, -0.25) is 0 Å². The number of rotatable bonds is 6. The van der Waals surface area contributed by atoms with E-state index in [1.165, 1.54) is 24.9 Å². The van der Waals surface area contributed by atoms with Crippen molar-refractivity contribution >= 4 is 17.2 Å². The second-order valence-electron chi connectivity index (χ2n) is 5.04. The average molecular weight is 264 g/mol. The van der Waals surface area contributed by atoms with E-state index in [9.17, 15) is 0 Å². The molecule has 0 saturated heterocycles. The molecule has 0 amide bonds. The summed E-state index contributed by atoms with van der Waals surface area (Å²) in [6.07, 6.45) is 2.76. The maximum Gasteiger partial charge on any atom is 0.129 e. The second kappa shape index (κ2) is 5.67. The summed E-state index contributed by atoms with van der Waals surface area (Å²) < 4.78 is 5.26. The van der Waals surface area contributed by atoms with Crippen molar-refractivity contribution in [1.29, 1.82) is 0 Å². The first kappa shape index (κ1) is 13.3. The van der Waals surface area contributed by atoms with Crippen LogP contribution in [0.3, 0.4) is 0 Å². The smallest absolute Gasteiger partial charge is 0.129 e. The highest BCUT2D eigenvalue weighted by Crippen LogP contribution is 2.30. The van der Waals surface area contributed by atoms with E-state index in [-0.39, 0.29) is 0 Å². The molecule has 1 fully saturated rings. The molecule has 1 aromatic carbocycles. The fourth-order valence-electron chi connectivity index (χ4n) is 2.16. The third-order valence-corrected chi connectivity index (χ3v) is 3.47. The fourth-order valence-corrected chi connectivity index (χ4v) is 2.32. The Morgan fingerprint density at radius 3 is 2.78 bits per heavy atom. The molecule has 1 saturated carbocycles. The number of hydrogen-bond acceptors (Lipinski definition) is 3. The minimum Gasteiger partial charge on any atom is -0.496 e. The van der Waals surface area contributed by atoms with E-state index in [1.54, 1.807) is 7.11 Å². The van der Waals surface area contributed by atoms with E-state index in [2.05, 4.69) is 18.0 Å². The number of ether oxygens (including phenoxy) is 1. The zero-order valence-corrected chi connectivity index (χ0v) is 11.8. The molecule has 18 heavy (non-hydrogen) atoms. The van der Waals surface area contributed by atoms with Crippen LogP contribution in [0.5, 0.6) is 5.75 Å². The molecule has 3 nitrogen and oxygen atoms in total. The van der Waals surface area contributed by atoms with Crippen molar-refractivity contribution in [3.8, 4) is 5.75 Å². The van der Waals surface area contributed by atoms with Crippen molar-refractivity contribution in [1.82, 2.24) is 4.90 Å². The predicted molar refractivity (Wildman–Crippen MR) is 77.9 cm³/mol. The number of methoxy groups -OCH3 is 1. The van der Waals surface area contributed by atoms with Gasteiger partial charge in [-0.25, -0.2) is 0 Å². The highest BCUT2D eigenvalue weighted by atomic mass is 32.1. The van der Waals surface area contributed by atoms with Gasteiger partial charge in [0.15, 0.2) is 0 Å². The number of benzene rings is 1. The van der Waals surface area contributed by atoms with E-state index >= 15 is 0 Å². The van der Waals surface area contributed by atoms with Crippen molar-refractivity contribution in [2.45, 2.75) is 19.4 Å². The minimum absolute atomic E-state index is 0.388. The highest BCUT2D eigenvalue weighted by molar-refractivity contribution is 7.80. The van der Waals surface area contributed by atoms with E-state index in [0.29, 0.717) is 4.99 Å². The Morgan fingerprint density at radius 1 is 1.50 bits per heavy atom. The minimum atomic E-state index is 0.388. The second-order valence-corrected chi connectivity index (χ2v) is 5.48. The van der Waals surface area contributed by atoms with Crippen LogP contribution in [-0.4, -0.2) is 30.6 Å². The van der Waals surface area contributed by atoms with Gasteiger partial charge in [0.1, 0.15) is 10.7 Å². The van der Waals surface area contributed by atoms with Gasteiger partial charge in [0.2, 0.25) is 0 Å². The van der Waals surface area contributed by atoms with Crippen LogP contribution >= 0.6 is 12.2 Å². The SMILES string of the molecule is COc1ccc(CN(C)CC2CC2)cc1C(N)=S. The molecular weight excluding hydrogens is 244 g/mol. The van der Waals surface area contributed by atoms with Gasteiger partial charge in [0.05, 0.1) is 12.7 Å². The average Bonchev–Trinajstić information content (AvgIpc) is 3.12. The lowest BCUT2D eigenvalue weighted by molar-refractivity contribution is 0.313. The molecule has 0 spiro atoms. The van der Waals surface area contributed by atoms with Crippen LogP contribution in [0.2, 0.25) is 0 Å². The van der Waals surface area contributed by atoms with Crippen molar-refractivity contribution in [2.75, 3.05) is 20.7 Å². The zero-order chi connectivity index (χ0) is 13.1. The summed E-state index contributed by atoms with van der Waals surface area (Å²) >= 11 is 5.05. The van der Waals surface area contributed by atoms with Crippen LogP contribution in [-0.2, 0) is 6.54 Å². The fraction of sp³-hybridized carbons (Fsp3) is 0.500. The normalized spacial score (nSPS) is 14.8. The molecule has 2 rings (SSSR count). The van der Waals surface area contributed by atoms with Gasteiger partial charge < -0.3 is 15.4 Å².